The fourth-order valence-electron chi connectivity index (χ4n) is 1.58. The molecule has 0 N–H and O–H groups in total. The van der Waals surface area contributed by atoms with Gasteiger partial charge in [0, 0.05) is 20.8 Å². The fourth-order valence-corrected chi connectivity index (χ4v) is 2.43. The second-order valence-corrected chi connectivity index (χ2v) is 5.17. The largest absolute Gasteiger partial charge is 0.496 e. The third-order valence-electron chi connectivity index (χ3n) is 2.40. The second-order valence-electron chi connectivity index (χ2n) is 3.62. The van der Waals surface area contributed by atoms with E-state index in [1.54, 1.807) is 36.6 Å². The van der Waals surface area contributed by atoms with Crippen LogP contribution in [0, 0.1) is 6.92 Å². The van der Waals surface area contributed by atoms with E-state index in [0.717, 1.165) is 4.88 Å². The Bertz CT molecular complexity index is 560. The summed E-state index contributed by atoms with van der Waals surface area (Å²) in [5.41, 5.74) is 1.17. The van der Waals surface area contributed by atoms with E-state index in [1.807, 2.05) is 18.4 Å². The average molecular weight is 267 g/mol. The molecule has 2 aromatic rings. The summed E-state index contributed by atoms with van der Waals surface area (Å²) < 4.78 is 5.17. The number of hydrogen-bond donors (Lipinski definition) is 0. The molecule has 2 rings (SSSR count). The number of thiophene rings is 1. The quantitative estimate of drug-likeness (QED) is 0.787. The molecule has 0 aliphatic rings. The standard InChI is InChI=1S/C13H11ClO2S/c1-8-5-9(7-17-8)13(15)11-6-10(14)3-4-12(11)16-2/h3-7H,1-2H3. The lowest BCUT2D eigenvalue weighted by molar-refractivity contribution is 0.103. The van der Waals surface area contributed by atoms with Crippen molar-refractivity contribution in [2.75, 3.05) is 7.11 Å². The summed E-state index contributed by atoms with van der Waals surface area (Å²) >= 11 is 7.46. The number of benzene rings is 1. The molecule has 88 valence electrons. The lowest BCUT2D eigenvalue weighted by Gasteiger charge is -2.06. The number of ether oxygens (including phenoxy) is 1. The van der Waals surface area contributed by atoms with Crippen LogP contribution >= 0.6 is 22.9 Å². The van der Waals surface area contributed by atoms with Crippen molar-refractivity contribution in [3.8, 4) is 5.75 Å². The normalized spacial score (nSPS) is 10.3. The van der Waals surface area contributed by atoms with Crippen LogP contribution in [-0.4, -0.2) is 12.9 Å². The topological polar surface area (TPSA) is 26.3 Å². The van der Waals surface area contributed by atoms with Crippen molar-refractivity contribution in [3.05, 3.63) is 50.7 Å². The molecule has 1 aromatic heterocycles. The van der Waals surface area contributed by atoms with Gasteiger partial charge in [0.1, 0.15) is 5.75 Å². The van der Waals surface area contributed by atoms with Crippen LogP contribution in [0.25, 0.3) is 0 Å². The summed E-state index contributed by atoms with van der Waals surface area (Å²) in [7, 11) is 1.54. The summed E-state index contributed by atoms with van der Waals surface area (Å²) in [5.74, 6) is 0.483. The van der Waals surface area contributed by atoms with Gasteiger partial charge < -0.3 is 4.74 Å². The molecule has 1 aromatic carbocycles. The van der Waals surface area contributed by atoms with E-state index >= 15 is 0 Å². The van der Waals surface area contributed by atoms with E-state index in [1.165, 1.54) is 0 Å². The van der Waals surface area contributed by atoms with Gasteiger partial charge >= 0.3 is 0 Å². The summed E-state index contributed by atoms with van der Waals surface area (Å²) in [6, 6.07) is 6.91. The van der Waals surface area contributed by atoms with E-state index in [9.17, 15) is 4.79 Å². The highest BCUT2D eigenvalue weighted by molar-refractivity contribution is 7.10. The number of aryl methyl sites for hydroxylation is 1. The number of hydrogen-bond acceptors (Lipinski definition) is 3. The molecule has 0 fully saturated rings. The lowest BCUT2D eigenvalue weighted by atomic mass is 10.0. The Hall–Kier alpha value is -1.32. The van der Waals surface area contributed by atoms with Gasteiger partial charge in [-0.3, -0.25) is 4.79 Å². The van der Waals surface area contributed by atoms with E-state index in [0.29, 0.717) is 21.9 Å². The van der Waals surface area contributed by atoms with E-state index in [2.05, 4.69) is 0 Å². The molecule has 0 saturated carbocycles. The van der Waals surface area contributed by atoms with Crippen LogP contribution in [0.1, 0.15) is 20.8 Å². The molecule has 0 unspecified atom stereocenters. The van der Waals surface area contributed by atoms with Crippen molar-refractivity contribution in [3.63, 3.8) is 0 Å². The van der Waals surface area contributed by atoms with Crippen LogP contribution in [0.3, 0.4) is 0 Å². The SMILES string of the molecule is COc1ccc(Cl)cc1C(=O)c1csc(C)c1. The van der Waals surface area contributed by atoms with Crippen molar-refractivity contribution in [2.45, 2.75) is 6.92 Å². The Kier molecular flexibility index (Phi) is 3.50. The van der Waals surface area contributed by atoms with E-state index < -0.39 is 0 Å². The summed E-state index contributed by atoms with van der Waals surface area (Å²) in [4.78, 5) is 13.4. The molecule has 0 bridgehead atoms. The number of carbonyl (C=O) groups excluding carboxylic acids is 1. The van der Waals surface area contributed by atoms with Crippen molar-refractivity contribution < 1.29 is 9.53 Å². The van der Waals surface area contributed by atoms with Gasteiger partial charge in [-0.2, -0.15) is 0 Å². The third-order valence-corrected chi connectivity index (χ3v) is 3.50. The van der Waals surface area contributed by atoms with Gasteiger partial charge in [-0.1, -0.05) is 11.6 Å². The van der Waals surface area contributed by atoms with Crippen molar-refractivity contribution >= 4 is 28.7 Å². The first-order valence-corrected chi connectivity index (χ1v) is 6.31. The van der Waals surface area contributed by atoms with E-state index in [4.69, 9.17) is 16.3 Å². The zero-order chi connectivity index (χ0) is 12.4. The Labute approximate surface area is 109 Å². The first-order valence-electron chi connectivity index (χ1n) is 5.05. The molecule has 0 amide bonds. The third kappa shape index (κ3) is 2.51. The Morgan fingerprint density at radius 1 is 1.35 bits per heavy atom. The first kappa shape index (κ1) is 12.1. The van der Waals surface area contributed by atoms with Crippen LogP contribution in [0.2, 0.25) is 5.02 Å². The van der Waals surface area contributed by atoms with Gasteiger partial charge in [0.25, 0.3) is 0 Å². The Morgan fingerprint density at radius 2 is 2.12 bits per heavy atom. The molecular formula is C13H11ClO2S. The van der Waals surface area contributed by atoms with Gasteiger partial charge in [-0.25, -0.2) is 0 Å². The van der Waals surface area contributed by atoms with Crippen LogP contribution in [-0.2, 0) is 0 Å². The zero-order valence-electron chi connectivity index (χ0n) is 9.49. The molecule has 0 saturated heterocycles. The minimum atomic E-state index is -0.0614. The maximum Gasteiger partial charge on any atom is 0.197 e. The van der Waals surface area contributed by atoms with Crippen LogP contribution in [0.5, 0.6) is 5.75 Å². The molecule has 0 radical (unpaired) electrons. The summed E-state index contributed by atoms with van der Waals surface area (Å²) in [5, 5.41) is 2.37. The van der Waals surface area contributed by atoms with Gasteiger partial charge in [0.15, 0.2) is 5.78 Å². The Balaban J connectivity index is 2.46. The molecule has 0 spiro atoms. The van der Waals surface area contributed by atoms with Crippen LogP contribution in [0.4, 0.5) is 0 Å². The first-order chi connectivity index (χ1) is 8.11. The molecular weight excluding hydrogens is 256 g/mol. The summed E-state index contributed by atoms with van der Waals surface area (Å²) in [6.07, 6.45) is 0. The van der Waals surface area contributed by atoms with Gasteiger partial charge in [0.05, 0.1) is 12.7 Å². The molecule has 0 atom stereocenters. The number of rotatable bonds is 3. The number of methoxy groups -OCH3 is 1. The predicted molar refractivity (Wildman–Crippen MR) is 70.5 cm³/mol. The highest BCUT2D eigenvalue weighted by Gasteiger charge is 2.15. The molecule has 2 nitrogen and oxygen atoms in total. The predicted octanol–water partition coefficient (Wildman–Crippen LogP) is 3.95. The maximum absolute atomic E-state index is 12.3. The number of halogens is 1. The minimum Gasteiger partial charge on any atom is -0.496 e. The highest BCUT2D eigenvalue weighted by Crippen LogP contribution is 2.26. The number of carbonyl (C=O) groups is 1. The monoisotopic (exact) mass is 266 g/mol. The smallest absolute Gasteiger partial charge is 0.197 e. The average Bonchev–Trinajstić information content (AvgIpc) is 2.75. The van der Waals surface area contributed by atoms with Gasteiger partial charge in [-0.05, 0) is 31.2 Å². The Morgan fingerprint density at radius 3 is 2.71 bits per heavy atom. The molecule has 0 aliphatic heterocycles. The molecule has 1 heterocycles. The zero-order valence-corrected chi connectivity index (χ0v) is 11.1. The van der Waals surface area contributed by atoms with Crippen LogP contribution < -0.4 is 4.74 Å². The van der Waals surface area contributed by atoms with Gasteiger partial charge in [-0.15, -0.1) is 11.3 Å². The second kappa shape index (κ2) is 4.90. The molecule has 17 heavy (non-hydrogen) atoms. The molecule has 0 aliphatic carbocycles. The minimum absolute atomic E-state index is 0.0614. The highest BCUT2D eigenvalue weighted by atomic mass is 35.5. The van der Waals surface area contributed by atoms with E-state index in [-0.39, 0.29) is 5.78 Å². The summed E-state index contributed by atoms with van der Waals surface area (Å²) in [6.45, 7) is 1.97. The maximum atomic E-state index is 12.3. The van der Waals surface area contributed by atoms with Crippen LogP contribution in [0.15, 0.2) is 29.6 Å². The van der Waals surface area contributed by atoms with Crippen molar-refractivity contribution in [1.82, 2.24) is 0 Å². The molecule has 4 heteroatoms. The lowest BCUT2D eigenvalue weighted by Crippen LogP contribution is -2.02. The van der Waals surface area contributed by atoms with Crippen molar-refractivity contribution in [2.24, 2.45) is 0 Å². The van der Waals surface area contributed by atoms with Gasteiger partial charge in [0.2, 0.25) is 0 Å². The van der Waals surface area contributed by atoms with Crippen molar-refractivity contribution in [1.29, 1.82) is 0 Å². The fraction of sp³-hybridized carbons (Fsp3) is 0.154. The number of ketones is 1.